The maximum atomic E-state index is 4.72. The van der Waals surface area contributed by atoms with Gasteiger partial charge >= 0.3 is 0 Å². The molecule has 1 saturated carbocycles. The van der Waals surface area contributed by atoms with Crippen molar-refractivity contribution in [2.75, 3.05) is 34.2 Å². The molecule has 1 aliphatic heterocycles. The summed E-state index contributed by atoms with van der Waals surface area (Å²) < 4.78 is 0. The van der Waals surface area contributed by atoms with Crippen LogP contribution in [-0.4, -0.2) is 51.1 Å². The topological polar surface area (TPSA) is 51.7 Å². The molecule has 1 aliphatic carbocycles. The fourth-order valence-electron chi connectivity index (χ4n) is 3.08. The summed E-state index contributed by atoms with van der Waals surface area (Å²) in [5, 5.41) is 10.5. The second kappa shape index (κ2) is 7.09. The Balaban J connectivity index is 1.95. The number of nitrogens with one attached hydrogen (secondary N) is 3. The largest absolute Gasteiger partial charge is 0.370 e. The van der Waals surface area contributed by atoms with Gasteiger partial charge in [-0.3, -0.25) is 10.3 Å². The van der Waals surface area contributed by atoms with Crippen molar-refractivity contribution in [2.45, 2.75) is 37.9 Å². The third-order valence-corrected chi connectivity index (χ3v) is 4.30. The molecule has 2 rings (SSSR count). The first-order valence-electron chi connectivity index (χ1n) is 7.77. The molecule has 3 N–H and O–H groups in total. The van der Waals surface area contributed by atoms with Crippen LogP contribution in [0, 0.1) is 5.92 Å². The number of nitrogens with zero attached hydrogens (tertiary/aromatic N) is 2. The van der Waals surface area contributed by atoms with Crippen molar-refractivity contribution in [2.24, 2.45) is 10.9 Å². The van der Waals surface area contributed by atoms with Crippen LogP contribution in [0.15, 0.2) is 16.9 Å². The quantitative estimate of drug-likeness (QED) is 0.682. The molecule has 20 heavy (non-hydrogen) atoms. The first-order valence-corrected chi connectivity index (χ1v) is 7.77. The molecular formula is C15H29N5. The van der Waals surface area contributed by atoms with Gasteiger partial charge in [0.25, 0.3) is 0 Å². The van der Waals surface area contributed by atoms with Crippen molar-refractivity contribution in [1.29, 1.82) is 0 Å². The molecule has 0 spiro atoms. The highest BCUT2D eigenvalue weighted by molar-refractivity contribution is 5.73. The zero-order valence-corrected chi connectivity index (χ0v) is 13.1. The highest BCUT2D eigenvalue weighted by Gasteiger charge is 2.38. The molecule has 0 aromatic rings. The fraction of sp³-hybridized carbons (Fsp3) is 0.800. The summed E-state index contributed by atoms with van der Waals surface area (Å²) in [5.74, 6) is 1.31. The number of allylic oxidation sites excluding steroid dienone is 1. The van der Waals surface area contributed by atoms with Gasteiger partial charge in [0.1, 0.15) is 5.82 Å². The minimum Gasteiger partial charge on any atom is -0.370 e. The summed E-state index contributed by atoms with van der Waals surface area (Å²) >= 11 is 0. The van der Waals surface area contributed by atoms with E-state index in [1.165, 1.54) is 32.1 Å². The number of likely N-dealkylation sites (N-methyl/N-ethyl adjacent to an activating group) is 1. The van der Waals surface area contributed by atoms with E-state index in [-0.39, 0.29) is 5.79 Å². The van der Waals surface area contributed by atoms with Crippen molar-refractivity contribution in [1.82, 2.24) is 20.9 Å². The van der Waals surface area contributed by atoms with E-state index in [4.69, 9.17) is 4.99 Å². The van der Waals surface area contributed by atoms with Gasteiger partial charge in [0.05, 0.1) is 0 Å². The van der Waals surface area contributed by atoms with E-state index in [0.717, 1.165) is 18.9 Å². The highest BCUT2D eigenvalue weighted by atomic mass is 15.4. The maximum absolute atomic E-state index is 4.72. The molecule has 0 bridgehead atoms. The standard InChI is InChI=1S/C15H29N5/c1-16-15(13-7-5-4-6-8-13)18-10-9-14(19-15)17-11-12-20(2)3/h9-10,13,16-17,19H,4-8,11-12H2,1-3H3. The zero-order valence-electron chi connectivity index (χ0n) is 13.1. The summed E-state index contributed by atoms with van der Waals surface area (Å²) in [4.78, 5) is 6.90. The van der Waals surface area contributed by atoms with Crippen LogP contribution in [0.5, 0.6) is 0 Å². The molecule has 2 aliphatic rings. The first kappa shape index (κ1) is 15.3. The first-order chi connectivity index (χ1) is 9.66. The summed E-state index contributed by atoms with van der Waals surface area (Å²) in [6.07, 6.45) is 10.4. The Labute approximate surface area is 122 Å². The molecule has 1 heterocycles. The maximum Gasteiger partial charge on any atom is 0.188 e. The Morgan fingerprint density at radius 2 is 2.10 bits per heavy atom. The molecule has 0 radical (unpaired) electrons. The number of hydrogen-bond acceptors (Lipinski definition) is 5. The minimum absolute atomic E-state index is 0.324. The van der Waals surface area contributed by atoms with E-state index in [9.17, 15) is 0 Å². The smallest absolute Gasteiger partial charge is 0.188 e. The van der Waals surface area contributed by atoms with Crippen LogP contribution >= 0.6 is 0 Å². The lowest BCUT2D eigenvalue weighted by Gasteiger charge is -2.42. The lowest BCUT2D eigenvalue weighted by Crippen LogP contribution is -2.61. The van der Waals surface area contributed by atoms with E-state index in [0.29, 0.717) is 5.92 Å². The second-order valence-electron chi connectivity index (χ2n) is 6.06. The molecule has 0 aromatic carbocycles. The molecule has 0 saturated heterocycles. The molecule has 114 valence electrons. The molecule has 0 aromatic heterocycles. The van der Waals surface area contributed by atoms with Gasteiger partial charge in [-0.1, -0.05) is 19.3 Å². The van der Waals surface area contributed by atoms with E-state index in [2.05, 4.69) is 34.9 Å². The van der Waals surface area contributed by atoms with Crippen LogP contribution in [0.3, 0.4) is 0 Å². The second-order valence-corrected chi connectivity index (χ2v) is 6.06. The zero-order chi connectivity index (χ0) is 14.4. The predicted octanol–water partition coefficient (Wildman–Crippen LogP) is 1.11. The molecule has 5 nitrogen and oxygen atoms in total. The van der Waals surface area contributed by atoms with E-state index < -0.39 is 0 Å². The minimum atomic E-state index is -0.324. The Morgan fingerprint density at radius 3 is 2.75 bits per heavy atom. The van der Waals surface area contributed by atoms with Gasteiger partial charge in [-0.05, 0) is 40.1 Å². The lowest BCUT2D eigenvalue weighted by molar-refractivity contribution is 0.146. The van der Waals surface area contributed by atoms with E-state index in [1.54, 1.807) is 0 Å². The molecule has 1 unspecified atom stereocenters. The molecular weight excluding hydrogens is 250 g/mol. The van der Waals surface area contributed by atoms with Crippen molar-refractivity contribution in [3.05, 3.63) is 11.9 Å². The van der Waals surface area contributed by atoms with Crippen LogP contribution in [0.1, 0.15) is 32.1 Å². The average molecular weight is 279 g/mol. The molecule has 0 amide bonds. The van der Waals surface area contributed by atoms with E-state index >= 15 is 0 Å². The van der Waals surface area contributed by atoms with Crippen LogP contribution in [-0.2, 0) is 0 Å². The molecule has 1 atom stereocenters. The molecule has 1 fully saturated rings. The third kappa shape index (κ3) is 3.73. The highest BCUT2D eigenvalue weighted by Crippen LogP contribution is 2.33. The monoisotopic (exact) mass is 279 g/mol. The van der Waals surface area contributed by atoms with Gasteiger partial charge in [0.15, 0.2) is 5.79 Å². The van der Waals surface area contributed by atoms with Gasteiger partial charge in [0.2, 0.25) is 0 Å². The van der Waals surface area contributed by atoms with Crippen LogP contribution in [0.25, 0.3) is 0 Å². The Morgan fingerprint density at radius 1 is 1.35 bits per heavy atom. The average Bonchev–Trinajstić information content (AvgIpc) is 2.48. The summed E-state index contributed by atoms with van der Waals surface area (Å²) in [6, 6.07) is 0. The Bertz CT molecular complexity index is 357. The Hall–Kier alpha value is -1.07. The van der Waals surface area contributed by atoms with Gasteiger partial charge in [-0.15, -0.1) is 0 Å². The van der Waals surface area contributed by atoms with Crippen molar-refractivity contribution < 1.29 is 0 Å². The third-order valence-electron chi connectivity index (χ3n) is 4.30. The van der Waals surface area contributed by atoms with Gasteiger partial charge in [-0.2, -0.15) is 0 Å². The lowest BCUT2D eigenvalue weighted by atomic mass is 9.83. The van der Waals surface area contributed by atoms with Crippen LogP contribution < -0.4 is 16.0 Å². The summed E-state index contributed by atoms with van der Waals surface area (Å²) in [6.45, 7) is 1.95. The van der Waals surface area contributed by atoms with Crippen molar-refractivity contribution >= 4 is 6.21 Å². The molecule has 5 heteroatoms. The summed E-state index contributed by atoms with van der Waals surface area (Å²) in [5.41, 5.74) is 0. The Kier molecular flexibility index (Phi) is 5.43. The van der Waals surface area contributed by atoms with Gasteiger partial charge < -0.3 is 15.5 Å². The van der Waals surface area contributed by atoms with Gasteiger partial charge in [0, 0.05) is 25.2 Å². The predicted molar refractivity (Wildman–Crippen MR) is 84.6 cm³/mol. The summed E-state index contributed by atoms with van der Waals surface area (Å²) in [7, 11) is 6.18. The number of rotatable bonds is 6. The van der Waals surface area contributed by atoms with Crippen molar-refractivity contribution in [3.63, 3.8) is 0 Å². The SMILES string of the molecule is CNC1(C2CCCCC2)N=CC=C(NCCN(C)C)N1. The van der Waals surface area contributed by atoms with E-state index in [1.807, 2.05) is 19.3 Å². The van der Waals surface area contributed by atoms with Gasteiger partial charge in [-0.25, -0.2) is 0 Å². The number of aliphatic imine (C=N–C) groups is 1. The number of hydrogen-bond donors (Lipinski definition) is 3. The normalized spacial score (nSPS) is 27.3. The van der Waals surface area contributed by atoms with Crippen LogP contribution in [0.2, 0.25) is 0 Å². The van der Waals surface area contributed by atoms with Crippen LogP contribution in [0.4, 0.5) is 0 Å². The fourth-order valence-corrected chi connectivity index (χ4v) is 3.08. The van der Waals surface area contributed by atoms with Crippen molar-refractivity contribution in [3.8, 4) is 0 Å².